The van der Waals surface area contributed by atoms with Gasteiger partial charge in [0.1, 0.15) is 0 Å². The molecule has 0 bridgehead atoms. The number of benzene rings is 1. The van der Waals surface area contributed by atoms with Gasteiger partial charge in [-0.15, -0.1) is 0 Å². The maximum atomic E-state index is 5.80. The lowest BCUT2D eigenvalue weighted by atomic mass is 10.0. The molecule has 0 fully saturated rings. The van der Waals surface area contributed by atoms with Crippen molar-refractivity contribution in [1.82, 2.24) is 20.4 Å². The van der Waals surface area contributed by atoms with Crippen LogP contribution < -0.4 is 5.32 Å². The van der Waals surface area contributed by atoms with Crippen molar-refractivity contribution >= 4 is 0 Å². The van der Waals surface area contributed by atoms with Crippen LogP contribution in [0.1, 0.15) is 37.5 Å². The van der Waals surface area contributed by atoms with Crippen molar-refractivity contribution in [3.63, 3.8) is 0 Å². The number of oxazole rings is 1. The van der Waals surface area contributed by atoms with E-state index in [4.69, 9.17) is 8.94 Å². The fourth-order valence-corrected chi connectivity index (χ4v) is 2.37. The zero-order chi connectivity index (χ0) is 16.2. The van der Waals surface area contributed by atoms with Crippen LogP contribution in [0.4, 0.5) is 0 Å². The van der Waals surface area contributed by atoms with Crippen LogP contribution in [0.15, 0.2) is 45.5 Å². The van der Waals surface area contributed by atoms with Crippen LogP contribution in [-0.4, -0.2) is 15.1 Å². The Morgan fingerprint density at radius 2 is 1.96 bits per heavy atom. The summed E-state index contributed by atoms with van der Waals surface area (Å²) in [5.74, 6) is 2.92. The highest BCUT2D eigenvalue weighted by Crippen LogP contribution is 2.22. The highest BCUT2D eigenvalue weighted by atomic mass is 16.5. The van der Waals surface area contributed by atoms with E-state index in [2.05, 4.69) is 34.3 Å². The van der Waals surface area contributed by atoms with Gasteiger partial charge < -0.3 is 8.94 Å². The Morgan fingerprint density at radius 1 is 1.17 bits per heavy atom. The SMILES string of the molecule is Cc1noc([C@H](NCc2ncc(-c3ccccc3)o2)C(C)C)n1. The number of nitrogens with one attached hydrogen (secondary N) is 1. The third-order valence-corrected chi connectivity index (χ3v) is 3.56. The predicted molar refractivity (Wildman–Crippen MR) is 85.4 cm³/mol. The summed E-state index contributed by atoms with van der Waals surface area (Å²) in [6.45, 7) is 6.51. The summed E-state index contributed by atoms with van der Waals surface area (Å²) >= 11 is 0. The zero-order valence-electron chi connectivity index (χ0n) is 13.5. The van der Waals surface area contributed by atoms with Gasteiger partial charge in [-0.2, -0.15) is 4.98 Å². The van der Waals surface area contributed by atoms with E-state index in [1.54, 1.807) is 6.20 Å². The second-order valence-corrected chi connectivity index (χ2v) is 5.77. The quantitative estimate of drug-likeness (QED) is 0.750. The number of hydrogen-bond acceptors (Lipinski definition) is 6. The fraction of sp³-hybridized carbons (Fsp3) is 0.353. The van der Waals surface area contributed by atoms with Gasteiger partial charge in [-0.25, -0.2) is 4.98 Å². The molecule has 1 atom stereocenters. The van der Waals surface area contributed by atoms with Crippen molar-refractivity contribution in [2.24, 2.45) is 5.92 Å². The molecule has 120 valence electrons. The summed E-state index contributed by atoms with van der Waals surface area (Å²) in [6, 6.07) is 9.88. The minimum atomic E-state index is -0.0386. The molecule has 1 N–H and O–H groups in total. The summed E-state index contributed by atoms with van der Waals surface area (Å²) in [5, 5.41) is 7.23. The van der Waals surface area contributed by atoms with Crippen molar-refractivity contribution in [2.75, 3.05) is 0 Å². The molecule has 0 radical (unpaired) electrons. The molecule has 6 nitrogen and oxygen atoms in total. The summed E-state index contributed by atoms with van der Waals surface area (Å²) in [4.78, 5) is 8.63. The Morgan fingerprint density at radius 3 is 2.61 bits per heavy atom. The minimum absolute atomic E-state index is 0.0386. The van der Waals surface area contributed by atoms with Gasteiger partial charge in [-0.1, -0.05) is 49.3 Å². The maximum absolute atomic E-state index is 5.80. The number of hydrogen-bond donors (Lipinski definition) is 1. The number of aryl methyl sites for hydroxylation is 1. The lowest BCUT2D eigenvalue weighted by Gasteiger charge is -2.17. The number of nitrogens with zero attached hydrogens (tertiary/aromatic N) is 3. The summed E-state index contributed by atoms with van der Waals surface area (Å²) in [6.07, 6.45) is 1.74. The Labute approximate surface area is 134 Å². The third-order valence-electron chi connectivity index (χ3n) is 3.56. The van der Waals surface area contributed by atoms with E-state index in [1.807, 2.05) is 37.3 Å². The third kappa shape index (κ3) is 3.65. The summed E-state index contributed by atoms with van der Waals surface area (Å²) < 4.78 is 11.1. The van der Waals surface area contributed by atoms with Gasteiger partial charge >= 0.3 is 0 Å². The molecule has 6 heteroatoms. The van der Waals surface area contributed by atoms with E-state index in [-0.39, 0.29) is 6.04 Å². The second-order valence-electron chi connectivity index (χ2n) is 5.77. The molecule has 0 aliphatic rings. The largest absolute Gasteiger partial charge is 0.439 e. The normalized spacial score (nSPS) is 12.7. The monoisotopic (exact) mass is 312 g/mol. The van der Waals surface area contributed by atoms with E-state index in [0.717, 1.165) is 11.3 Å². The minimum Gasteiger partial charge on any atom is -0.439 e. The van der Waals surface area contributed by atoms with E-state index in [0.29, 0.717) is 30.1 Å². The number of rotatable bonds is 6. The second kappa shape index (κ2) is 6.75. The average Bonchev–Trinajstić information content (AvgIpc) is 3.18. The van der Waals surface area contributed by atoms with Crippen molar-refractivity contribution in [3.8, 4) is 11.3 Å². The molecule has 23 heavy (non-hydrogen) atoms. The number of aromatic nitrogens is 3. The smallest absolute Gasteiger partial charge is 0.244 e. The van der Waals surface area contributed by atoms with E-state index in [9.17, 15) is 0 Å². The average molecular weight is 312 g/mol. The molecule has 0 aliphatic heterocycles. The zero-order valence-corrected chi connectivity index (χ0v) is 13.5. The van der Waals surface area contributed by atoms with Gasteiger partial charge in [0.15, 0.2) is 11.6 Å². The first kappa shape index (κ1) is 15.4. The lowest BCUT2D eigenvalue weighted by Crippen LogP contribution is -2.25. The topological polar surface area (TPSA) is 77.0 Å². The van der Waals surface area contributed by atoms with Crippen LogP contribution in [0, 0.1) is 12.8 Å². The highest BCUT2D eigenvalue weighted by Gasteiger charge is 2.22. The van der Waals surface area contributed by atoms with Gasteiger partial charge in [0.05, 0.1) is 18.8 Å². The summed E-state index contributed by atoms with van der Waals surface area (Å²) in [5.41, 5.74) is 1.01. The molecule has 0 amide bonds. The lowest BCUT2D eigenvalue weighted by molar-refractivity contribution is 0.280. The Kier molecular flexibility index (Phi) is 4.52. The molecule has 0 spiro atoms. The van der Waals surface area contributed by atoms with Gasteiger partial charge in [0.25, 0.3) is 0 Å². The standard InChI is InChI=1S/C17H20N4O2/c1-11(2)16(17-20-12(3)21-23-17)19-10-15-18-9-14(22-15)13-7-5-4-6-8-13/h4-9,11,16,19H,10H2,1-3H3/t16-/m1/s1. The Bertz CT molecular complexity index is 749. The van der Waals surface area contributed by atoms with Gasteiger partial charge in [-0.3, -0.25) is 5.32 Å². The molecule has 0 saturated heterocycles. The first-order valence-electron chi connectivity index (χ1n) is 7.67. The van der Waals surface area contributed by atoms with Crippen molar-refractivity contribution in [1.29, 1.82) is 0 Å². The van der Waals surface area contributed by atoms with E-state index < -0.39 is 0 Å². The first-order valence-corrected chi connectivity index (χ1v) is 7.67. The molecule has 0 unspecified atom stereocenters. The molecular formula is C17H20N4O2. The van der Waals surface area contributed by atoms with E-state index in [1.165, 1.54) is 0 Å². The van der Waals surface area contributed by atoms with Crippen LogP contribution in [0.5, 0.6) is 0 Å². The van der Waals surface area contributed by atoms with Crippen molar-refractivity contribution < 1.29 is 8.94 Å². The summed E-state index contributed by atoms with van der Waals surface area (Å²) in [7, 11) is 0. The molecular weight excluding hydrogens is 292 g/mol. The Balaban J connectivity index is 1.68. The molecule has 1 aromatic carbocycles. The molecule has 3 aromatic rings. The van der Waals surface area contributed by atoms with Crippen molar-refractivity contribution in [2.45, 2.75) is 33.4 Å². The molecule has 3 rings (SSSR count). The highest BCUT2D eigenvalue weighted by molar-refractivity contribution is 5.55. The fourth-order valence-electron chi connectivity index (χ4n) is 2.37. The van der Waals surface area contributed by atoms with Gasteiger partial charge in [0, 0.05) is 5.56 Å². The first-order chi connectivity index (χ1) is 11.1. The van der Waals surface area contributed by atoms with Crippen LogP contribution in [-0.2, 0) is 6.54 Å². The Hall–Kier alpha value is -2.47. The van der Waals surface area contributed by atoms with Gasteiger partial charge in [-0.05, 0) is 12.8 Å². The molecule has 0 aliphatic carbocycles. The van der Waals surface area contributed by atoms with E-state index >= 15 is 0 Å². The maximum Gasteiger partial charge on any atom is 0.244 e. The molecule has 2 aromatic heterocycles. The molecule has 0 saturated carbocycles. The molecule has 2 heterocycles. The predicted octanol–water partition coefficient (Wildman–Crippen LogP) is 3.52. The van der Waals surface area contributed by atoms with Crippen LogP contribution >= 0.6 is 0 Å². The van der Waals surface area contributed by atoms with Crippen LogP contribution in [0.25, 0.3) is 11.3 Å². The van der Waals surface area contributed by atoms with Gasteiger partial charge in [0.2, 0.25) is 11.8 Å². The van der Waals surface area contributed by atoms with Crippen LogP contribution in [0.3, 0.4) is 0 Å². The van der Waals surface area contributed by atoms with Crippen LogP contribution in [0.2, 0.25) is 0 Å². The van der Waals surface area contributed by atoms with Crippen molar-refractivity contribution in [3.05, 3.63) is 54.1 Å².